The van der Waals surface area contributed by atoms with Crippen molar-refractivity contribution in [1.29, 1.82) is 0 Å². The summed E-state index contributed by atoms with van der Waals surface area (Å²) in [5.74, 6) is 2.64. The van der Waals surface area contributed by atoms with Crippen molar-refractivity contribution in [2.45, 2.75) is 12.6 Å². The SMILES string of the molecule is CN(C)C(CNCc1ccc2c(c1)OCCO2)c1ccco1. The fourth-order valence-electron chi connectivity index (χ4n) is 2.57. The van der Waals surface area contributed by atoms with Gasteiger partial charge in [0.1, 0.15) is 19.0 Å². The minimum Gasteiger partial charge on any atom is -0.486 e. The van der Waals surface area contributed by atoms with E-state index in [-0.39, 0.29) is 6.04 Å². The second kappa shape index (κ2) is 6.85. The van der Waals surface area contributed by atoms with Crippen LogP contribution in [0.1, 0.15) is 17.4 Å². The Balaban J connectivity index is 1.58. The predicted molar refractivity (Wildman–Crippen MR) is 84.3 cm³/mol. The van der Waals surface area contributed by atoms with E-state index in [4.69, 9.17) is 13.9 Å². The van der Waals surface area contributed by atoms with Gasteiger partial charge in [-0.2, -0.15) is 0 Å². The van der Waals surface area contributed by atoms with Crippen LogP contribution in [0.15, 0.2) is 41.0 Å². The average molecular weight is 302 g/mol. The van der Waals surface area contributed by atoms with Gasteiger partial charge in [-0.25, -0.2) is 0 Å². The third-order valence-corrected chi connectivity index (χ3v) is 3.77. The molecule has 0 radical (unpaired) electrons. The molecule has 1 aliphatic rings. The molecule has 22 heavy (non-hydrogen) atoms. The molecule has 1 N–H and O–H groups in total. The van der Waals surface area contributed by atoms with Gasteiger partial charge >= 0.3 is 0 Å². The summed E-state index contributed by atoms with van der Waals surface area (Å²) in [4.78, 5) is 2.15. The van der Waals surface area contributed by atoms with E-state index in [2.05, 4.69) is 30.4 Å². The predicted octanol–water partition coefficient (Wildman–Crippen LogP) is 2.44. The van der Waals surface area contributed by atoms with E-state index in [0.29, 0.717) is 13.2 Å². The number of furan rings is 1. The molecule has 2 aromatic rings. The van der Waals surface area contributed by atoms with E-state index >= 15 is 0 Å². The van der Waals surface area contributed by atoms with Gasteiger partial charge in [0.2, 0.25) is 0 Å². The second-order valence-electron chi connectivity index (χ2n) is 5.60. The zero-order valence-electron chi connectivity index (χ0n) is 13.0. The summed E-state index contributed by atoms with van der Waals surface area (Å²) in [7, 11) is 4.11. The Kier molecular flexibility index (Phi) is 4.65. The van der Waals surface area contributed by atoms with Crippen LogP contribution in [0.2, 0.25) is 0 Å². The smallest absolute Gasteiger partial charge is 0.161 e. The molecular weight excluding hydrogens is 280 g/mol. The van der Waals surface area contributed by atoms with E-state index in [1.165, 1.54) is 5.56 Å². The third-order valence-electron chi connectivity index (χ3n) is 3.77. The first-order chi connectivity index (χ1) is 10.7. The summed E-state index contributed by atoms with van der Waals surface area (Å²) in [5.41, 5.74) is 1.18. The fourth-order valence-corrected chi connectivity index (χ4v) is 2.57. The van der Waals surface area contributed by atoms with Crippen molar-refractivity contribution >= 4 is 0 Å². The van der Waals surface area contributed by atoms with Crippen molar-refractivity contribution in [2.75, 3.05) is 33.9 Å². The number of likely N-dealkylation sites (N-methyl/N-ethyl adjacent to an activating group) is 1. The molecule has 1 atom stereocenters. The van der Waals surface area contributed by atoms with Crippen molar-refractivity contribution in [3.05, 3.63) is 47.9 Å². The zero-order valence-corrected chi connectivity index (χ0v) is 13.0. The molecule has 0 amide bonds. The monoisotopic (exact) mass is 302 g/mol. The van der Waals surface area contributed by atoms with Crippen LogP contribution < -0.4 is 14.8 Å². The van der Waals surface area contributed by atoms with Crippen LogP contribution in [0.4, 0.5) is 0 Å². The van der Waals surface area contributed by atoms with Gasteiger partial charge in [0.05, 0.1) is 12.3 Å². The van der Waals surface area contributed by atoms with Crippen LogP contribution in [0.5, 0.6) is 11.5 Å². The number of rotatable bonds is 6. The van der Waals surface area contributed by atoms with Crippen molar-refractivity contribution in [3.63, 3.8) is 0 Å². The Bertz CT molecular complexity index is 596. The largest absolute Gasteiger partial charge is 0.486 e. The molecule has 118 valence electrons. The summed E-state index contributed by atoms with van der Waals surface area (Å²) in [6, 6.07) is 10.2. The summed E-state index contributed by atoms with van der Waals surface area (Å²) in [6.07, 6.45) is 1.71. The van der Waals surface area contributed by atoms with Gasteiger partial charge in [0, 0.05) is 13.1 Å². The maximum absolute atomic E-state index is 5.61. The van der Waals surface area contributed by atoms with Crippen LogP contribution in [-0.4, -0.2) is 38.8 Å². The quantitative estimate of drug-likeness (QED) is 0.888. The minimum atomic E-state index is 0.215. The third kappa shape index (κ3) is 3.43. The molecule has 0 saturated carbocycles. The van der Waals surface area contributed by atoms with Crippen LogP contribution in [0, 0.1) is 0 Å². The lowest BCUT2D eigenvalue weighted by molar-refractivity contribution is 0.171. The van der Waals surface area contributed by atoms with Crippen LogP contribution >= 0.6 is 0 Å². The summed E-state index contributed by atoms with van der Waals surface area (Å²) in [6.45, 7) is 2.83. The van der Waals surface area contributed by atoms with Gasteiger partial charge in [0.25, 0.3) is 0 Å². The highest BCUT2D eigenvalue weighted by molar-refractivity contribution is 5.43. The molecule has 0 spiro atoms. The molecule has 1 aliphatic heterocycles. The van der Waals surface area contributed by atoms with Gasteiger partial charge in [-0.1, -0.05) is 6.07 Å². The number of benzene rings is 1. The molecule has 0 saturated heterocycles. The van der Waals surface area contributed by atoms with E-state index in [0.717, 1.165) is 30.3 Å². The average Bonchev–Trinajstić information content (AvgIpc) is 3.05. The van der Waals surface area contributed by atoms with Crippen LogP contribution in [0.25, 0.3) is 0 Å². The molecular formula is C17H22N2O3. The summed E-state index contributed by atoms with van der Waals surface area (Å²) < 4.78 is 16.7. The standard InChI is InChI=1S/C17H22N2O3/c1-19(2)14(15-4-3-7-20-15)12-18-11-13-5-6-16-17(10-13)22-9-8-21-16/h3-7,10,14,18H,8-9,11-12H2,1-2H3. The lowest BCUT2D eigenvalue weighted by atomic mass is 10.1. The number of hydrogen-bond acceptors (Lipinski definition) is 5. The van der Waals surface area contributed by atoms with Crippen LogP contribution in [-0.2, 0) is 6.54 Å². The number of fused-ring (bicyclic) bond motifs is 1. The number of ether oxygens (including phenoxy) is 2. The van der Waals surface area contributed by atoms with Gasteiger partial charge in [-0.05, 0) is 43.9 Å². The molecule has 2 heterocycles. The number of nitrogens with one attached hydrogen (secondary N) is 1. The number of nitrogens with zero attached hydrogens (tertiary/aromatic N) is 1. The van der Waals surface area contributed by atoms with Crippen molar-refractivity contribution < 1.29 is 13.9 Å². The second-order valence-corrected chi connectivity index (χ2v) is 5.60. The van der Waals surface area contributed by atoms with Gasteiger partial charge in [-0.3, -0.25) is 4.90 Å². The highest BCUT2D eigenvalue weighted by Gasteiger charge is 2.16. The van der Waals surface area contributed by atoms with Gasteiger partial charge in [-0.15, -0.1) is 0 Å². The number of hydrogen-bond donors (Lipinski definition) is 1. The Hall–Kier alpha value is -1.98. The molecule has 5 heteroatoms. The molecule has 3 rings (SSSR count). The Morgan fingerprint density at radius 2 is 1.95 bits per heavy atom. The first kappa shape index (κ1) is 14.9. The lowest BCUT2D eigenvalue weighted by Crippen LogP contribution is -2.30. The fraction of sp³-hybridized carbons (Fsp3) is 0.412. The van der Waals surface area contributed by atoms with Crippen molar-refractivity contribution in [3.8, 4) is 11.5 Å². The van der Waals surface area contributed by atoms with E-state index in [9.17, 15) is 0 Å². The highest BCUT2D eigenvalue weighted by atomic mass is 16.6. The van der Waals surface area contributed by atoms with E-state index in [1.807, 2.05) is 24.3 Å². The minimum absolute atomic E-state index is 0.215. The molecule has 1 unspecified atom stereocenters. The lowest BCUT2D eigenvalue weighted by Gasteiger charge is -2.23. The molecule has 0 aliphatic carbocycles. The van der Waals surface area contributed by atoms with Crippen molar-refractivity contribution in [1.82, 2.24) is 10.2 Å². The van der Waals surface area contributed by atoms with E-state index in [1.54, 1.807) is 6.26 Å². The van der Waals surface area contributed by atoms with Crippen molar-refractivity contribution in [2.24, 2.45) is 0 Å². The molecule has 1 aromatic heterocycles. The van der Waals surface area contributed by atoms with Crippen LogP contribution in [0.3, 0.4) is 0 Å². The normalized spacial score (nSPS) is 15.0. The first-order valence-corrected chi connectivity index (χ1v) is 7.53. The Labute approximate surface area is 130 Å². The van der Waals surface area contributed by atoms with Gasteiger partial charge < -0.3 is 19.2 Å². The maximum Gasteiger partial charge on any atom is 0.161 e. The highest BCUT2D eigenvalue weighted by Crippen LogP contribution is 2.30. The molecule has 0 fully saturated rings. The first-order valence-electron chi connectivity index (χ1n) is 7.53. The van der Waals surface area contributed by atoms with Gasteiger partial charge in [0.15, 0.2) is 11.5 Å². The molecule has 0 bridgehead atoms. The summed E-state index contributed by atoms with van der Waals surface area (Å²) in [5, 5.41) is 3.48. The van der Waals surface area contributed by atoms with E-state index < -0.39 is 0 Å². The molecule has 5 nitrogen and oxygen atoms in total. The Morgan fingerprint density at radius 1 is 1.14 bits per heavy atom. The zero-order chi connectivity index (χ0) is 15.4. The maximum atomic E-state index is 5.61. The Morgan fingerprint density at radius 3 is 2.68 bits per heavy atom. The topological polar surface area (TPSA) is 46.9 Å². The summed E-state index contributed by atoms with van der Waals surface area (Å²) >= 11 is 0. The molecule has 1 aromatic carbocycles.